The van der Waals surface area contributed by atoms with Gasteiger partial charge < -0.3 is 4.74 Å². The lowest BCUT2D eigenvalue weighted by Gasteiger charge is -2.22. The fourth-order valence-electron chi connectivity index (χ4n) is 1.72. The molecule has 0 saturated heterocycles. The highest BCUT2D eigenvalue weighted by atomic mass is 79.9. The number of non-ortho nitro benzene ring substituents is 1. The third-order valence-corrected chi connectivity index (χ3v) is 4.03. The molecule has 1 rings (SSSR count). The van der Waals surface area contributed by atoms with Crippen LogP contribution in [0.5, 0.6) is 5.75 Å². The van der Waals surface area contributed by atoms with E-state index in [9.17, 15) is 10.1 Å². The summed E-state index contributed by atoms with van der Waals surface area (Å²) in [4.78, 5) is 10.3. The second-order valence-corrected chi connectivity index (χ2v) is 6.28. The fourth-order valence-corrected chi connectivity index (χ4v) is 3.11. The van der Waals surface area contributed by atoms with Gasteiger partial charge in [0.05, 0.1) is 26.5 Å². The highest BCUT2D eigenvalue weighted by Gasteiger charge is 2.23. The number of halogens is 2. The standard InChI is InChI=1S/C13H15Br2N3O3/c1-3-17-13(2,8-16)4-5-21-12-10(14)6-9(18(19)20)7-11(12)15/h6-7,17H,3-5H2,1-2H3. The third kappa shape index (κ3) is 4.95. The molecule has 1 aromatic carbocycles. The van der Waals surface area contributed by atoms with E-state index in [2.05, 4.69) is 43.2 Å². The van der Waals surface area contributed by atoms with Crippen molar-refractivity contribution < 1.29 is 9.66 Å². The van der Waals surface area contributed by atoms with Gasteiger partial charge in [0.15, 0.2) is 0 Å². The van der Waals surface area contributed by atoms with Crippen molar-refractivity contribution in [3.8, 4) is 11.8 Å². The molecule has 0 aliphatic carbocycles. The lowest BCUT2D eigenvalue weighted by molar-refractivity contribution is -0.385. The summed E-state index contributed by atoms with van der Waals surface area (Å²) in [6.45, 7) is 4.74. The summed E-state index contributed by atoms with van der Waals surface area (Å²) in [7, 11) is 0. The number of hydrogen-bond acceptors (Lipinski definition) is 5. The Hall–Kier alpha value is -1.17. The van der Waals surface area contributed by atoms with E-state index in [1.54, 1.807) is 6.92 Å². The molecule has 8 heteroatoms. The Morgan fingerprint density at radius 2 is 2.05 bits per heavy atom. The molecular formula is C13H15Br2N3O3. The largest absolute Gasteiger partial charge is 0.491 e. The van der Waals surface area contributed by atoms with Gasteiger partial charge in [0.1, 0.15) is 11.3 Å². The van der Waals surface area contributed by atoms with Crippen LogP contribution in [0.1, 0.15) is 20.3 Å². The van der Waals surface area contributed by atoms with E-state index in [0.29, 0.717) is 34.3 Å². The van der Waals surface area contributed by atoms with Crippen molar-refractivity contribution in [1.82, 2.24) is 5.32 Å². The van der Waals surface area contributed by atoms with Crippen LogP contribution in [-0.4, -0.2) is 23.6 Å². The molecule has 1 aromatic rings. The molecule has 0 spiro atoms. The maximum absolute atomic E-state index is 10.8. The lowest BCUT2D eigenvalue weighted by Crippen LogP contribution is -2.42. The minimum Gasteiger partial charge on any atom is -0.491 e. The van der Waals surface area contributed by atoms with E-state index >= 15 is 0 Å². The van der Waals surface area contributed by atoms with Crippen LogP contribution in [0, 0.1) is 21.4 Å². The van der Waals surface area contributed by atoms with Crippen molar-refractivity contribution in [3.05, 3.63) is 31.2 Å². The molecule has 0 aliphatic rings. The number of nitriles is 1. The quantitative estimate of drug-likeness (QED) is 0.535. The summed E-state index contributed by atoms with van der Waals surface area (Å²) < 4.78 is 6.62. The van der Waals surface area contributed by atoms with Crippen molar-refractivity contribution in [2.45, 2.75) is 25.8 Å². The normalized spacial score (nSPS) is 13.3. The van der Waals surface area contributed by atoms with Crippen molar-refractivity contribution >= 4 is 37.5 Å². The number of nitrogens with one attached hydrogen (secondary N) is 1. The third-order valence-electron chi connectivity index (χ3n) is 2.86. The first-order valence-electron chi connectivity index (χ1n) is 6.25. The van der Waals surface area contributed by atoms with Gasteiger partial charge in [-0.05, 0) is 45.3 Å². The molecule has 1 unspecified atom stereocenters. The highest BCUT2D eigenvalue weighted by Crippen LogP contribution is 2.37. The Balaban J connectivity index is 2.77. The average molecular weight is 421 g/mol. The van der Waals surface area contributed by atoms with Gasteiger partial charge in [0.2, 0.25) is 0 Å². The first-order valence-corrected chi connectivity index (χ1v) is 7.84. The zero-order chi connectivity index (χ0) is 16.0. The summed E-state index contributed by atoms with van der Waals surface area (Å²) in [6, 6.07) is 4.98. The molecule has 0 fully saturated rings. The van der Waals surface area contributed by atoms with E-state index in [1.807, 2.05) is 6.92 Å². The average Bonchev–Trinajstić information content (AvgIpc) is 2.41. The number of hydrogen-bond donors (Lipinski definition) is 1. The minimum atomic E-state index is -0.658. The predicted octanol–water partition coefficient (Wildman–Crippen LogP) is 3.78. The van der Waals surface area contributed by atoms with Crippen LogP contribution in [0.3, 0.4) is 0 Å². The highest BCUT2D eigenvalue weighted by molar-refractivity contribution is 9.11. The van der Waals surface area contributed by atoms with Crippen LogP contribution in [0.25, 0.3) is 0 Å². The zero-order valence-corrected chi connectivity index (χ0v) is 14.8. The predicted molar refractivity (Wildman–Crippen MR) is 86.3 cm³/mol. The molecular weight excluding hydrogens is 406 g/mol. The molecule has 1 N–H and O–H groups in total. The van der Waals surface area contributed by atoms with Crippen LogP contribution >= 0.6 is 31.9 Å². The Bertz CT molecular complexity index is 551. The molecule has 0 saturated carbocycles. The number of ether oxygens (including phenoxy) is 1. The van der Waals surface area contributed by atoms with Crippen LogP contribution in [0.4, 0.5) is 5.69 Å². The van der Waals surface area contributed by atoms with Gasteiger partial charge in [-0.2, -0.15) is 5.26 Å². The van der Waals surface area contributed by atoms with Crippen molar-refractivity contribution in [2.75, 3.05) is 13.2 Å². The van der Waals surface area contributed by atoms with Crippen LogP contribution < -0.4 is 10.1 Å². The van der Waals surface area contributed by atoms with Crippen LogP contribution in [-0.2, 0) is 0 Å². The van der Waals surface area contributed by atoms with Gasteiger partial charge in [-0.3, -0.25) is 15.4 Å². The number of benzene rings is 1. The smallest absolute Gasteiger partial charge is 0.271 e. The summed E-state index contributed by atoms with van der Waals surface area (Å²) >= 11 is 6.51. The minimum absolute atomic E-state index is 0.0318. The Morgan fingerprint density at radius 3 is 2.48 bits per heavy atom. The zero-order valence-electron chi connectivity index (χ0n) is 11.7. The fraction of sp³-hybridized carbons (Fsp3) is 0.462. The maximum Gasteiger partial charge on any atom is 0.271 e. The van der Waals surface area contributed by atoms with E-state index in [4.69, 9.17) is 10.00 Å². The molecule has 6 nitrogen and oxygen atoms in total. The Morgan fingerprint density at radius 1 is 1.48 bits per heavy atom. The molecule has 0 radical (unpaired) electrons. The number of rotatable bonds is 7. The monoisotopic (exact) mass is 419 g/mol. The van der Waals surface area contributed by atoms with Crippen LogP contribution in [0.15, 0.2) is 21.1 Å². The van der Waals surface area contributed by atoms with Crippen molar-refractivity contribution in [1.29, 1.82) is 5.26 Å². The van der Waals surface area contributed by atoms with Gasteiger partial charge in [-0.1, -0.05) is 6.92 Å². The Kier molecular flexibility index (Phi) is 6.58. The van der Waals surface area contributed by atoms with Crippen molar-refractivity contribution in [2.24, 2.45) is 0 Å². The van der Waals surface area contributed by atoms with Crippen molar-refractivity contribution in [3.63, 3.8) is 0 Å². The first-order chi connectivity index (χ1) is 9.83. The number of nitro groups is 1. The molecule has 0 bridgehead atoms. The second-order valence-electron chi connectivity index (χ2n) is 4.57. The van der Waals surface area contributed by atoms with Gasteiger partial charge in [0.25, 0.3) is 5.69 Å². The summed E-state index contributed by atoms with van der Waals surface area (Å²) in [5.74, 6) is 0.484. The SMILES string of the molecule is CCNC(C)(C#N)CCOc1c(Br)cc([N+](=O)[O-])cc1Br. The lowest BCUT2D eigenvalue weighted by atomic mass is 10.0. The van der Waals surface area contributed by atoms with Crippen LogP contribution in [0.2, 0.25) is 0 Å². The molecule has 21 heavy (non-hydrogen) atoms. The second kappa shape index (κ2) is 7.73. The van der Waals surface area contributed by atoms with Gasteiger partial charge in [-0.25, -0.2) is 0 Å². The molecule has 0 aromatic heterocycles. The van der Waals surface area contributed by atoms with E-state index in [-0.39, 0.29) is 5.69 Å². The molecule has 0 amide bonds. The molecule has 1 atom stereocenters. The van der Waals surface area contributed by atoms with Gasteiger partial charge in [-0.15, -0.1) is 0 Å². The first kappa shape index (κ1) is 17.9. The maximum atomic E-state index is 10.8. The molecule has 114 valence electrons. The molecule has 0 heterocycles. The topological polar surface area (TPSA) is 88.2 Å². The summed E-state index contributed by atoms with van der Waals surface area (Å²) in [5.41, 5.74) is -0.690. The van der Waals surface area contributed by atoms with E-state index in [1.165, 1.54) is 12.1 Å². The number of nitrogens with zero attached hydrogens (tertiary/aromatic N) is 2. The van der Waals surface area contributed by atoms with E-state index in [0.717, 1.165) is 0 Å². The summed E-state index contributed by atoms with van der Waals surface area (Å²) in [6.07, 6.45) is 0.493. The summed E-state index contributed by atoms with van der Waals surface area (Å²) in [5, 5.41) is 23.0. The van der Waals surface area contributed by atoms with E-state index < -0.39 is 10.5 Å². The number of nitro benzene ring substituents is 1. The molecule has 0 aliphatic heterocycles. The Labute approximate surface area is 139 Å². The van der Waals surface area contributed by atoms with Gasteiger partial charge in [0, 0.05) is 18.6 Å². The van der Waals surface area contributed by atoms with Gasteiger partial charge >= 0.3 is 0 Å².